The van der Waals surface area contributed by atoms with Gasteiger partial charge in [0.15, 0.2) is 4.32 Å². The number of hydrogen-bond donors (Lipinski definition) is 0. The van der Waals surface area contributed by atoms with E-state index in [2.05, 4.69) is 15.9 Å². The maximum absolute atomic E-state index is 12.6. The number of thiocarbonyl (C=S) groups is 1. The van der Waals surface area contributed by atoms with E-state index in [0.717, 1.165) is 15.7 Å². The van der Waals surface area contributed by atoms with Crippen LogP contribution in [0.2, 0.25) is 5.02 Å². The average Bonchev–Trinajstić information content (AvgIpc) is 2.77. The Morgan fingerprint density at radius 2 is 1.73 bits per heavy atom. The van der Waals surface area contributed by atoms with Gasteiger partial charge in [0, 0.05) is 9.50 Å². The lowest BCUT2D eigenvalue weighted by Gasteiger charge is -2.14. The highest BCUT2D eigenvalue weighted by molar-refractivity contribution is 9.10. The van der Waals surface area contributed by atoms with Gasteiger partial charge in [0.1, 0.15) is 0 Å². The summed E-state index contributed by atoms with van der Waals surface area (Å²) in [5, 5.41) is 0.625. The number of rotatable bonds is 2. The summed E-state index contributed by atoms with van der Waals surface area (Å²) >= 11 is 15.9. The van der Waals surface area contributed by atoms with E-state index in [1.807, 2.05) is 30.3 Å². The molecule has 2 aromatic carbocycles. The lowest BCUT2D eigenvalue weighted by atomic mass is 10.2. The van der Waals surface area contributed by atoms with Crippen molar-refractivity contribution in [2.75, 3.05) is 4.90 Å². The van der Waals surface area contributed by atoms with Gasteiger partial charge < -0.3 is 0 Å². The number of nitrogens with zero attached hydrogens (tertiary/aromatic N) is 1. The van der Waals surface area contributed by atoms with Crippen molar-refractivity contribution in [2.45, 2.75) is 0 Å². The van der Waals surface area contributed by atoms with Crippen molar-refractivity contribution >= 4 is 73.5 Å². The van der Waals surface area contributed by atoms with Crippen LogP contribution in [0.3, 0.4) is 0 Å². The molecule has 6 heteroatoms. The van der Waals surface area contributed by atoms with Crippen LogP contribution in [0.4, 0.5) is 5.69 Å². The van der Waals surface area contributed by atoms with Crippen LogP contribution < -0.4 is 4.90 Å². The summed E-state index contributed by atoms with van der Waals surface area (Å²) in [7, 11) is 0. The molecule has 0 N–H and O–H groups in total. The van der Waals surface area contributed by atoms with Gasteiger partial charge in [0.2, 0.25) is 0 Å². The summed E-state index contributed by atoms with van der Waals surface area (Å²) < 4.78 is 1.52. The molecule has 0 bridgehead atoms. The summed E-state index contributed by atoms with van der Waals surface area (Å²) in [5.74, 6) is -0.111. The van der Waals surface area contributed by atoms with Crippen molar-refractivity contribution < 1.29 is 4.79 Å². The normalized spacial score (nSPS) is 16.6. The van der Waals surface area contributed by atoms with Gasteiger partial charge in [-0.25, -0.2) is 0 Å². The van der Waals surface area contributed by atoms with Gasteiger partial charge >= 0.3 is 0 Å². The predicted octanol–water partition coefficient (Wildman–Crippen LogP) is 5.51. The monoisotopic (exact) mass is 409 g/mol. The second-order valence-electron chi connectivity index (χ2n) is 4.55. The fourth-order valence-corrected chi connectivity index (χ4v) is 3.68. The number of hydrogen-bond acceptors (Lipinski definition) is 3. The second kappa shape index (κ2) is 6.54. The molecule has 1 fully saturated rings. The average molecular weight is 411 g/mol. The molecule has 2 nitrogen and oxygen atoms in total. The molecule has 22 heavy (non-hydrogen) atoms. The first-order valence-electron chi connectivity index (χ1n) is 6.34. The van der Waals surface area contributed by atoms with Gasteiger partial charge in [-0.1, -0.05) is 63.6 Å². The summed E-state index contributed by atoms with van der Waals surface area (Å²) in [6.45, 7) is 0. The number of carbonyl (C=O) groups excluding carboxylic acids is 1. The number of carbonyl (C=O) groups is 1. The summed E-state index contributed by atoms with van der Waals surface area (Å²) in [6, 6.07) is 14.8. The van der Waals surface area contributed by atoms with Gasteiger partial charge in [0.05, 0.1) is 10.6 Å². The third-order valence-corrected chi connectivity index (χ3v) is 5.13. The zero-order valence-electron chi connectivity index (χ0n) is 11.1. The SMILES string of the molecule is O=C1C(=Cc2ccc(Br)cc2)SC(=S)N1c1ccc(Cl)cc1. The molecule has 1 amide bonds. The Bertz CT molecular complexity index is 772. The highest BCUT2D eigenvalue weighted by atomic mass is 79.9. The Kier molecular flexibility index (Phi) is 4.68. The first kappa shape index (κ1) is 15.7. The molecule has 1 aliphatic heterocycles. The van der Waals surface area contributed by atoms with E-state index in [0.29, 0.717) is 14.2 Å². The minimum Gasteiger partial charge on any atom is -0.268 e. The molecule has 1 saturated heterocycles. The predicted molar refractivity (Wildman–Crippen MR) is 101 cm³/mol. The molecule has 110 valence electrons. The highest BCUT2D eigenvalue weighted by Gasteiger charge is 2.33. The molecule has 0 saturated carbocycles. The minimum atomic E-state index is -0.111. The van der Waals surface area contributed by atoms with Gasteiger partial charge in [-0.3, -0.25) is 9.69 Å². The summed E-state index contributed by atoms with van der Waals surface area (Å²) in [6.07, 6.45) is 1.85. The fraction of sp³-hybridized carbons (Fsp3) is 0. The third-order valence-electron chi connectivity index (χ3n) is 3.05. The summed E-state index contributed by atoms with van der Waals surface area (Å²) in [5.41, 5.74) is 1.69. The summed E-state index contributed by atoms with van der Waals surface area (Å²) in [4.78, 5) is 14.7. The zero-order valence-corrected chi connectivity index (χ0v) is 15.1. The van der Waals surface area contributed by atoms with E-state index in [4.69, 9.17) is 23.8 Å². The number of thioether (sulfide) groups is 1. The van der Waals surface area contributed by atoms with Gasteiger partial charge in [-0.05, 0) is 48.0 Å². The fourth-order valence-electron chi connectivity index (χ4n) is 1.99. The Labute approximate surface area is 151 Å². The van der Waals surface area contributed by atoms with Crippen molar-refractivity contribution in [2.24, 2.45) is 0 Å². The van der Waals surface area contributed by atoms with Crippen LogP contribution in [-0.2, 0) is 4.79 Å². The van der Waals surface area contributed by atoms with Crippen molar-refractivity contribution in [3.05, 3.63) is 68.5 Å². The molecule has 0 atom stereocenters. The van der Waals surface area contributed by atoms with Crippen molar-refractivity contribution in [3.63, 3.8) is 0 Å². The number of halogens is 2. The Balaban J connectivity index is 1.91. The minimum absolute atomic E-state index is 0.111. The smallest absolute Gasteiger partial charge is 0.268 e. The van der Waals surface area contributed by atoms with Crippen molar-refractivity contribution in [1.29, 1.82) is 0 Å². The molecular weight excluding hydrogens is 402 g/mol. The van der Waals surface area contributed by atoms with Gasteiger partial charge in [0.25, 0.3) is 5.91 Å². The van der Waals surface area contributed by atoms with Crippen LogP contribution >= 0.6 is 51.5 Å². The number of amides is 1. The molecule has 3 rings (SSSR count). The van der Waals surface area contributed by atoms with Crippen LogP contribution in [0, 0.1) is 0 Å². The second-order valence-corrected chi connectivity index (χ2v) is 7.57. The molecule has 0 spiro atoms. The molecule has 0 unspecified atom stereocenters. The highest BCUT2D eigenvalue weighted by Crippen LogP contribution is 2.36. The van der Waals surface area contributed by atoms with E-state index in [-0.39, 0.29) is 5.91 Å². The molecule has 1 heterocycles. The van der Waals surface area contributed by atoms with Crippen LogP contribution in [0.1, 0.15) is 5.56 Å². The Hall–Kier alpha value is -1.14. The molecule has 2 aromatic rings. The van der Waals surface area contributed by atoms with E-state index < -0.39 is 0 Å². The van der Waals surface area contributed by atoms with Gasteiger partial charge in [-0.15, -0.1) is 0 Å². The maximum Gasteiger partial charge on any atom is 0.270 e. The molecule has 1 aliphatic rings. The third kappa shape index (κ3) is 3.27. The Morgan fingerprint density at radius 3 is 2.36 bits per heavy atom. The molecule has 0 aromatic heterocycles. The van der Waals surface area contributed by atoms with Crippen LogP contribution in [0.5, 0.6) is 0 Å². The zero-order chi connectivity index (χ0) is 15.7. The molecular formula is C16H9BrClNOS2. The lowest BCUT2D eigenvalue weighted by Crippen LogP contribution is -2.27. The Morgan fingerprint density at radius 1 is 1.09 bits per heavy atom. The van der Waals surface area contributed by atoms with Crippen molar-refractivity contribution in [1.82, 2.24) is 0 Å². The number of benzene rings is 2. The van der Waals surface area contributed by atoms with Crippen molar-refractivity contribution in [3.8, 4) is 0 Å². The standard InChI is InChI=1S/C16H9BrClNOS2/c17-11-3-1-10(2-4-11)9-14-15(20)19(16(21)22-14)13-7-5-12(18)6-8-13/h1-9H. The van der Waals surface area contributed by atoms with Crippen LogP contribution in [0.15, 0.2) is 57.9 Å². The van der Waals surface area contributed by atoms with E-state index in [1.165, 1.54) is 16.7 Å². The first-order valence-corrected chi connectivity index (χ1v) is 8.73. The van der Waals surface area contributed by atoms with Crippen LogP contribution in [0.25, 0.3) is 6.08 Å². The van der Waals surface area contributed by atoms with Gasteiger partial charge in [-0.2, -0.15) is 0 Å². The van der Waals surface area contributed by atoms with Crippen LogP contribution in [-0.4, -0.2) is 10.2 Å². The molecule has 0 aliphatic carbocycles. The topological polar surface area (TPSA) is 20.3 Å². The first-order chi connectivity index (χ1) is 10.5. The van der Waals surface area contributed by atoms with E-state index in [1.54, 1.807) is 24.3 Å². The quantitative estimate of drug-likeness (QED) is 0.481. The maximum atomic E-state index is 12.6. The lowest BCUT2D eigenvalue weighted by molar-refractivity contribution is -0.113. The molecule has 0 radical (unpaired) electrons. The van der Waals surface area contributed by atoms with E-state index >= 15 is 0 Å². The van der Waals surface area contributed by atoms with E-state index in [9.17, 15) is 4.79 Å². The number of anilines is 1. The largest absolute Gasteiger partial charge is 0.270 e.